The minimum atomic E-state index is -4.01. The summed E-state index contributed by atoms with van der Waals surface area (Å²) in [6, 6.07) is 6.79. The molecule has 3 N–H and O–H groups in total. The Bertz CT molecular complexity index is 1120. The minimum absolute atomic E-state index is 0.0396. The molecule has 3 rings (SSSR count). The van der Waals surface area contributed by atoms with Crippen LogP contribution in [0.1, 0.15) is 23.2 Å². The van der Waals surface area contributed by atoms with Crippen LogP contribution in [-0.2, 0) is 14.8 Å². The van der Waals surface area contributed by atoms with Gasteiger partial charge in [-0.15, -0.1) is 0 Å². The van der Waals surface area contributed by atoms with Crippen molar-refractivity contribution in [3.8, 4) is 5.75 Å². The maximum Gasteiger partial charge on any atom is 0.248 e. The Morgan fingerprint density at radius 1 is 1.10 bits per heavy atom. The first-order chi connectivity index (χ1) is 14.6. The normalized spacial score (nSPS) is 15.5. The molecule has 1 heterocycles. The summed E-state index contributed by atoms with van der Waals surface area (Å²) in [6.45, 7) is 0.0791. The second-order valence-corrected chi connectivity index (χ2v) is 8.96. The third kappa shape index (κ3) is 4.83. The first-order valence-corrected chi connectivity index (χ1v) is 10.8. The summed E-state index contributed by atoms with van der Waals surface area (Å²) in [5, 5.41) is 2.69. The number of sulfonamides is 1. The van der Waals surface area contributed by atoms with Gasteiger partial charge in [-0.25, -0.2) is 17.2 Å². The van der Waals surface area contributed by atoms with Crippen LogP contribution in [0.2, 0.25) is 0 Å². The van der Waals surface area contributed by atoms with Crippen molar-refractivity contribution in [2.45, 2.75) is 17.7 Å². The van der Waals surface area contributed by atoms with Crippen LogP contribution in [0, 0.1) is 17.6 Å². The largest absolute Gasteiger partial charge is 0.495 e. The number of methoxy groups -OCH3 is 1. The molecule has 1 fully saturated rings. The van der Waals surface area contributed by atoms with E-state index in [0.29, 0.717) is 11.8 Å². The van der Waals surface area contributed by atoms with Crippen LogP contribution in [0.4, 0.5) is 14.5 Å². The van der Waals surface area contributed by atoms with E-state index in [4.69, 9.17) is 10.5 Å². The first kappa shape index (κ1) is 22.6. The summed E-state index contributed by atoms with van der Waals surface area (Å²) in [4.78, 5) is 23.7. The van der Waals surface area contributed by atoms with Gasteiger partial charge in [0, 0.05) is 24.6 Å². The summed E-state index contributed by atoms with van der Waals surface area (Å²) in [7, 11) is -2.60. The molecule has 0 radical (unpaired) electrons. The Morgan fingerprint density at radius 2 is 1.77 bits per heavy atom. The quantitative estimate of drug-likeness (QED) is 0.695. The number of carbonyl (C=O) groups excluding carboxylic acids is 2. The zero-order valence-corrected chi connectivity index (χ0v) is 17.4. The molecule has 0 aliphatic carbocycles. The number of benzene rings is 2. The van der Waals surface area contributed by atoms with Gasteiger partial charge in [0.25, 0.3) is 0 Å². The van der Waals surface area contributed by atoms with Crippen molar-refractivity contribution in [3.05, 3.63) is 53.6 Å². The second-order valence-electron chi connectivity index (χ2n) is 7.02. The van der Waals surface area contributed by atoms with Crippen LogP contribution in [0.3, 0.4) is 0 Å². The molecule has 2 amide bonds. The van der Waals surface area contributed by atoms with E-state index in [1.807, 2.05) is 0 Å². The fourth-order valence-corrected chi connectivity index (χ4v) is 4.82. The molecule has 1 aliphatic heterocycles. The molecule has 1 saturated heterocycles. The number of nitrogens with two attached hydrogens (primary N) is 1. The molecule has 8 nitrogen and oxygen atoms in total. The van der Waals surface area contributed by atoms with Crippen LogP contribution in [0.5, 0.6) is 5.75 Å². The summed E-state index contributed by atoms with van der Waals surface area (Å²) < 4.78 is 58.2. The van der Waals surface area contributed by atoms with E-state index in [0.717, 1.165) is 16.4 Å². The molecule has 11 heteroatoms. The Labute approximate surface area is 178 Å². The Balaban J connectivity index is 1.68. The highest BCUT2D eigenvalue weighted by Crippen LogP contribution is 2.29. The summed E-state index contributed by atoms with van der Waals surface area (Å²) in [5.41, 5.74) is 5.75. The van der Waals surface area contributed by atoms with Crippen molar-refractivity contribution < 1.29 is 31.5 Å². The highest BCUT2D eigenvalue weighted by Gasteiger charge is 2.32. The number of halogens is 2. The maximum atomic E-state index is 13.4. The van der Waals surface area contributed by atoms with Gasteiger partial charge in [0.15, 0.2) is 11.6 Å². The third-order valence-corrected chi connectivity index (χ3v) is 6.99. The van der Waals surface area contributed by atoms with Crippen molar-refractivity contribution >= 4 is 27.5 Å². The lowest BCUT2D eigenvalue weighted by atomic mass is 9.97. The predicted octanol–water partition coefficient (Wildman–Crippen LogP) is 2.11. The molecule has 2 aromatic rings. The Kier molecular flexibility index (Phi) is 6.56. The van der Waals surface area contributed by atoms with Gasteiger partial charge in [-0.3, -0.25) is 9.59 Å². The molecule has 0 spiro atoms. The SMILES string of the molecule is COc1ccc(C(N)=O)cc1NC(=O)C1CCN(S(=O)(=O)c2ccc(F)c(F)c2)CC1. The Hall–Kier alpha value is -3.05. The van der Waals surface area contributed by atoms with Crippen LogP contribution in [0.25, 0.3) is 0 Å². The smallest absolute Gasteiger partial charge is 0.248 e. The number of nitrogens with one attached hydrogen (secondary N) is 1. The fraction of sp³-hybridized carbons (Fsp3) is 0.300. The lowest BCUT2D eigenvalue weighted by molar-refractivity contribution is -0.120. The molecule has 0 bridgehead atoms. The van der Waals surface area contributed by atoms with E-state index in [1.165, 1.54) is 25.3 Å². The van der Waals surface area contributed by atoms with Gasteiger partial charge >= 0.3 is 0 Å². The van der Waals surface area contributed by atoms with Crippen molar-refractivity contribution in [3.63, 3.8) is 0 Å². The van der Waals surface area contributed by atoms with Crippen molar-refractivity contribution in [2.75, 3.05) is 25.5 Å². The van der Waals surface area contributed by atoms with Gasteiger partial charge in [0.05, 0.1) is 17.7 Å². The topological polar surface area (TPSA) is 119 Å². The summed E-state index contributed by atoms with van der Waals surface area (Å²) >= 11 is 0. The number of carbonyl (C=O) groups is 2. The lowest BCUT2D eigenvalue weighted by Crippen LogP contribution is -2.41. The van der Waals surface area contributed by atoms with Crippen LogP contribution < -0.4 is 15.8 Å². The van der Waals surface area contributed by atoms with Gasteiger partial charge in [-0.05, 0) is 49.2 Å². The molecular formula is C20H21F2N3O5S. The number of ether oxygens (including phenoxy) is 1. The molecule has 2 aromatic carbocycles. The number of piperidine rings is 1. The zero-order chi connectivity index (χ0) is 22.8. The summed E-state index contributed by atoms with van der Waals surface area (Å²) in [5.74, 6) is -3.54. The van der Waals surface area contributed by atoms with Crippen molar-refractivity contribution in [2.24, 2.45) is 11.7 Å². The second kappa shape index (κ2) is 8.98. The highest BCUT2D eigenvalue weighted by molar-refractivity contribution is 7.89. The molecule has 0 aromatic heterocycles. The number of amides is 2. The van der Waals surface area contributed by atoms with Gasteiger partial charge in [-0.2, -0.15) is 4.31 Å². The number of hydrogen-bond donors (Lipinski definition) is 2. The molecule has 0 atom stereocenters. The van der Waals surface area contributed by atoms with E-state index >= 15 is 0 Å². The van der Waals surface area contributed by atoms with E-state index < -0.39 is 33.5 Å². The first-order valence-electron chi connectivity index (χ1n) is 9.37. The summed E-state index contributed by atoms with van der Waals surface area (Å²) in [6.07, 6.45) is 0.457. The van der Waals surface area contributed by atoms with Crippen LogP contribution in [0.15, 0.2) is 41.3 Å². The van der Waals surface area contributed by atoms with E-state index in [-0.39, 0.29) is 48.0 Å². The minimum Gasteiger partial charge on any atom is -0.495 e. The molecule has 31 heavy (non-hydrogen) atoms. The van der Waals surface area contributed by atoms with E-state index in [2.05, 4.69) is 5.32 Å². The average Bonchev–Trinajstić information content (AvgIpc) is 2.75. The maximum absolute atomic E-state index is 13.4. The van der Waals surface area contributed by atoms with E-state index in [1.54, 1.807) is 0 Å². The fourth-order valence-electron chi connectivity index (χ4n) is 3.34. The Morgan fingerprint density at radius 3 is 2.35 bits per heavy atom. The van der Waals surface area contributed by atoms with Gasteiger partial charge < -0.3 is 15.8 Å². The number of nitrogens with zero attached hydrogens (tertiary/aromatic N) is 1. The van der Waals surface area contributed by atoms with Crippen LogP contribution >= 0.6 is 0 Å². The number of rotatable bonds is 6. The standard InChI is InChI=1S/C20H21F2N3O5S/c1-30-18-5-2-13(19(23)26)10-17(18)24-20(27)12-6-8-25(9-7-12)31(28,29)14-3-4-15(21)16(22)11-14/h2-5,10-12H,6-9H2,1H3,(H2,23,26)(H,24,27). The molecule has 0 unspecified atom stereocenters. The number of hydrogen-bond acceptors (Lipinski definition) is 5. The molecular weight excluding hydrogens is 432 g/mol. The van der Waals surface area contributed by atoms with Gasteiger partial charge in [0.1, 0.15) is 5.75 Å². The van der Waals surface area contributed by atoms with Crippen LogP contribution in [-0.4, -0.2) is 44.7 Å². The molecule has 1 aliphatic rings. The molecule has 166 valence electrons. The van der Waals surface area contributed by atoms with Crippen molar-refractivity contribution in [1.29, 1.82) is 0 Å². The monoisotopic (exact) mass is 453 g/mol. The predicted molar refractivity (Wildman–Crippen MR) is 108 cm³/mol. The van der Waals surface area contributed by atoms with Crippen molar-refractivity contribution in [1.82, 2.24) is 4.31 Å². The van der Waals surface area contributed by atoms with E-state index in [9.17, 15) is 26.8 Å². The highest BCUT2D eigenvalue weighted by atomic mass is 32.2. The van der Waals surface area contributed by atoms with Gasteiger partial charge in [-0.1, -0.05) is 0 Å². The van der Waals surface area contributed by atoms with Gasteiger partial charge in [0.2, 0.25) is 21.8 Å². The number of anilines is 1. The third-order valence-electron chi connectivity index (χ3n) is 5.10. The number of primary amides is 1. The average molecular weight is 453 g/mol. The lowest BCUT2D eigenvalue weighted by Gasteiger charge is -2.30. The molecule has 0 saturated carbocycles. The zero-order valence-electron chi connectivity index (χ0n) is 16.6.